The fourth-order valence-corrected chi connectivity index (χ4v) is 4.01. The Kier molecular flexibility index (Phi) is 6.44. The number of halogens is 1. The molecule has 2 rings (SSSR count). The maximum atomic E-state index is 12.8. The molecule has 0 spiro atoms. The smallest absolute Gasteiger partial charge is 0.255 e. The Morgan fingerprint density at radius 1 is 1.19 bits per heavy atom. The SMILES string of the molecule is Cc1ccccc1CN(C)C(=O)c1cc(S(=O)(=O)NC(C)C)ccc1Cl. The summed E-state index contributed by atoms with van der Waals surface area (Å²) in [6.45, 7) is 5.85. The average molecular weight is 395 g/mol. The highest BCUT2D eigenvalue weighted by Gasteiger charge is 2.21. The lowest BCUT2D eigenvalue weighted by Gasteiger charge is -2.20. The summed E-state index contributed by atoms with van der Waals surface area (Å²) in [4.78, 5) is 14.3. The first kappa shape index (κ1) is 20.4. The van der Waals surface area contributed by atoms with Crippen LogP contribution in [0.5, 0.6) is 0 Å². The minimum absolute atomic E-state index is 0.0169. The number of rotatable bonds is 6. The lowest BCUT2D eigenvalue weighted by Crippen LogP contribution is -2.31. The predicted molar refractivity (Wildman–Crippen MR) is 104 cm³/mol. The molecule has 0 fully saturated rings. The zero-order valence-corrected chi connectivity index (χ0v) is 16.9. The number of nitrogens with one attached hydrogen (secondary N) is 1. The molecule has 1 amide bonds. The molecule has 0 aromatic heterocycles. The fourth-order valence-electron chi connectivity index (χ4n) is 2.53. The molecule has 140 valence electrons. The van der Waals surface area contributed by atoms with Gasteiger partial charge in [0.1, 0.15) is 0 Å². The summed E-state index contributed by atoms with van der Waals surface area (Å²) < 4.78 is 27.2. The first-order valence-electron chi connectivity index (χ1n) is 8.23. The Hall–Kier alpha value is -1.89. The van der Waals surface area contributed by atoms with Gasteiger partial charge in [-0.2, -0.15) is 0 Å². The number of carbonyl (C=O) groups excluding carboxylic acids is 1. The lowest BCUT2D eigenvalue weighted by atomic mass is 10.1. The maximum Gasteiger partial charge on any atom is 0.255 e. The van der Waals surface area contributed by atoms with Crippen molar-refractivity contribution in [1.82, 2.24) is 9.62 Å². The van der Waals surface area contributed by atoms with E-state index in [-0.39, 0.29) is 27.4 Å². The third-order valence-electron chi connectivity index (χ3n) is 3.88. The van der Waals surface area contributed by atoms with Crippen molar-refractivity contribution in [3.63, 3.8) is 0 Å². The van der Waals surface area contributed by atoms with Gasteiger partial charge in [-0.05, 0) is 50.1 Å². The number of aryl methyl sites for hydroxylation is 1. The van der Waals surface area contributed by atoms with Gasteiger partial charge < -0.3 is 4.90 Å². The van der Waals surface area contributed by atoms with Gasteiger partial charge in [0.2, 0.25) is 10.0 Å². The normalized spacial score (nSPS) is 11.6. The summed E-state index contributed by atoms with van der Waals surface area (Å²) in [7, 11) is -2.04. The summed E-state index contributed by atoms with van der Waals surface area (Å²) >= 11 is 6.16. The van der Waals surface area contributed by atoms with Gasteiger partial charge in [-0.15, -0.1) is 0 Å². The second-order valence-corrected chi connectivity index (χ2v) is 8.63. The van der Waals surface area contributed by atoms with Crippen molar-refractivity contribution < 1.29 is 13.2 Å². The molecule has 0 atom stereocenters. The van der Waals surface area contributed by atoms with Crippen LogP contribution in [0.25, 0.3) is 0 Å². The van der Waals surface area contributed by atoms with Crippen LogP contribution < -0.4 is 4.72 Å². The van der Waals surface area contributed by atoms with Crippen LogP contribution in [0.4, 0.5) is 0 Å². The Morgan fingerprint density at radius 3 is 2.46 bits per heavy atom. The number of nitrogens with zero attached hydrogens (tertiary/aromatic N) is 1. The summed E-state index contributed by atoms with van der Waals surface area (Å²) in [5.41, 5.74) is 2.26. The molecule has 0 saturated carbocycles. The molecule has 0 aliphatic rings. The van der Waals surface area contributed by atoms with Crippen molar-refractivity contribution in [2.45, 2.75) is 38.3 Å². The molecule has 5 nitrogen and oxygen atoms in total. The van der Waals surface area contributed by atoms with Gasteiger partial charge in [0.15, 0.2) is 0 Å². The zero-order chi connectivity index (χ0) is 19.5. The molecule has 0 aliphatic carbocycles. The molecule has 0 aliphatic heterocycles. The van der Waals surface area contributed by atoms with Crippen molar-refractivity contribution >= 4 is 27.5 Å². The third-order valence-corrected chi connectivity index (χ3v) is 5.87. The highest BCUT2D eigenvalue weighted by atomic mass is 35.5. The van der Waals surface area contributed by atoms with Crippen LogP contribution >= 0.6 is 11.6 Å². The number of benzene rings is 2. The molecule has 0 heterocycles. The Morgan fingerprint density at radius 2 is 1.85 bits per heavy atom. The Bertz CT molecular complexity index is 911. The van der Waals surface area contributed by atoms with E-state index < -0.39 is 10.0 Å². The quantitative estimate of drug-likeness (QED) is 0.813. The highest BCUT2D eigenvalue weighted by Crippen LogP contribution is 2.23. The van der Waals surface area contributed by atoms with E-state index in [2.05, 4.69) is 4.72 Å². The van der Waals surface area contributed by atoms with Crippen molar-refractivity contribution in [3.05, 3.63) is 64.2 Å². The maximum absolute atomic E-state index is 12.8. The van der Waals surface area contributed by atoms with Gasteiger partial charge in [-0.3, -0.25) is 4.79 Å². The van der Waals surface area contributed by atoms with E-state index in [1.807, 2.05) is 31.2 Å². The van der Waals surface area contributed by atoms with E-state index >= 15 is 0 Å². The second-order valence-electron chi connectivity index (χ2n) is 6.51. The van der Waals surface area contributed by atoms with Crippen LogP contribution in [0.3, 0.4) is 0 Å². The zero-order valence-electron chi connectivity index (χ0n) is 15.3. The van der Waals surface area contributed by atoms with E-state index in [1.54, 1.807) is 20.9 Å². The van der Waals surface area contributed by atoms with Crippen molar-refractivity contribution in [3.8, 4) is 0 Å². The monoisotopic (exact) mass is 394 g/mol. The summed E-state index contributed by atoms with van der Waals surface area (Å²) in [5.74, 6) is -0.333. The number of amides is 1. The highest BCUT2D eigenvalue weighted by molar-refractivity contribution is 7.89. The average Bonchev–Trinajstić information content (AvgIpc) is 2.55. The van der Waals surface area contributed by atoms with Crippen LogP contribution in [0.15, 0.2) is 47.4 Å². The number of carbonyl (C=O) groups is 1. The van der Waals surface area contributed by atoms with Crippen molar-refractivity contribution in [2.75, 3.05) is 7.05 Å². The number of hydrogen-bond acceptors (Lipinski definition) is 3. The second kappa shape index (κ2) is 8.20. The van der Waals surface area contributed by atoms with Crippen LogP contribution in [0.1, 0.15) is 35.3 Å². The third kappa shape index (κ3) is 4.84. The molecular weight excluding hydrogens is 372 g/mol. The van der Waals surface area contributed by atoms with Gasteiger partial charge in [0.25, 0.3) is 5.91 Å². The van der Waals surface area contributed by atoms with E-state index in [9.17, 15) is 13.2 Å². The van der Waals surface area contributed by atoms with Crippen LogP contribution in [-0.2, 0) is 16.6 Å². The van der Waals surface area contributed by atoms with Crippen LogP contribution in [0.2, 0.25) is 5.02 Å². The molecule has 26 heavy (non-hydrogen) atoms. The van der Waals surface area contributed by atoms with Crippen LogP contribution in [0, 0.1) is 6.92 Å². The summed E-state index contributed by atoms with van der Waals surface area (Å²) in [5, 5.41) is 0.218. The van der Waals surface area contributed by atoms with Gasteiger partial charge >= 0.3 is 0 Å². The predicted octanol–water partition coefficient (Wildman–Crippen LogP) is 3.61. The topological polar surface area (TPSA) is 66.5 Å². The number of sulfonamides is 1. The largest absolute Gasteiger partial charge is 0.337 e. The first-order valence-corrected chi connectivity index (χ1v) is 10.1. The van der Waals surface area contributed by atoms with E-state index in [0.717, 1.165) is 11.1 Å². The molecule has 0 unspecified atom stereocenters. The van der Waals surface area contributed by atoms with Gasteiger partial charge in [0, 0.05) is 19.6 Å². The molecule has 0 saturated heterocycles. The molecule has 2 aromatic carbocycles. The molecule has 2 aromatic rings. The fraction of sp³-hybridized carbons (Fsp3) is 0.316. The van der Waals surface area contributed by atoms with Crippen molar-refractivity contribution in [2.24, 2.45) is 0 Å². The molecule has 0 radical (unpaired) electrons. The number of hydrogen-bond donors (Lipinski definition) is 1. The van der Waals surface area contributed by atoms with E-state index in [4.69, 9.17) is 11.6 Å². The van der Waals surface area contributed by atoms with E-state index in [0.29, 0.717) is 6.54 Å². The Balaban J connectivity index is 2.31. The Labute approximate surface area is 160 Å². The molecular formula is C19H23ClN2O3S. The van der Waals surface area contributed by atoms with E-state index in [1.165, 1.54) is 23.1 Å². The lowest BCUT2D eigenvalue weighted by molar-refractivity contribution is 0.0785. The summed E-state index contributed by atoms with van der Waals surface area (Å²) in [6, 6.07) is 11.7. The van der Waals surface area contributed by atoms with Gasteiger partial charge in [-0.1, -0.05) is 35.9 Å². The molecule has 0 bridgehead atoms. The minimum atomic E-state index is -3.70. The van der Waals surface area contributed by atoms with Crippen LogP contribution in [-0.4, -0.2) is 32.3 Å². The molecule has 7 heteroatoms. The standard InChI is InChI=1S/C19H23ClN2O3S/c1-13(2)21-26(24,25)16-9-10-18(20)17(11-16)19(23)22(4)12-15-8-6-5-7-14(15)3/h5-11,13,21H,12H2,1-4H3. The van der Waals surface area contributed by atoms with Crippen molar-refractivity contribution in [1.29, 1.82) is 0 Å². The first-order chi connectivity index (χ1) is 12.1. The molecule has 1 N–H and O–H groups in total. The summed E-state index contributed by atoms with van der Waals surface area (Å²) in [6.07, 6.45) is 0. The van der Waals surface area contributed by atoms with Gasteiger partial charge in [-0.25, -0.2) is 13.1 Å². The van der Waals surface area contributed by atoms with Gasteiger partial charge in [0.05, 0.1) is 15.5 Å². The minimum Gasteiger partial charge on any atom is -0.337 e.